The van der Waals surface area contributed by atoms with E-state index in [-0.39, 0.29) is 48.3 Å². The Kier molecular flexibility index (Phi) is 20.5. The molecule has 0 saturated heterocycles. The van der Waals surface area contributed by atoms with Gasteiger partial charge in [0.2, 0.25) is 0 Å². The summed E-state index contributed by atoms with van der Waals surface area (Å²) in [6.07, 6.45) is 9.30. The van der Waals surface area contributed by atoms with Crippen LogP contribution in [-0.4, -0.2) is 68.9 Å². The summed E-state index contributed by atoms with van der Waals surface area (Å²) in [6.45, 7) is 0.676. The van der Waals surface area contributed by atoms with Crippen molar-refractivity contribution in [1.82, 2.24) is 0 Å². The van der Waals surface area contributed by atoms with Gasteiger partial charge in [-0.15, -0.1) is 0 Å². The normalized spacial score (nSPS) is 9.69. The van der Waals surface area contributed by atoms with Crippen LogP contribution in [0.1, 0.15) is 54.2 Å². The number of aliphatic hydroxyl groups excluding tert-OH is 2. The minimum absolute atomic E-state index is 0. The predicted octanol–water partition coefficient (Wildman–Crippen LogP) is 1.94. The standard InChI is InChI=1S/C10H22O2.Sr.2H/c11-9-7-5-3-1-2-4-6-8-10-12;;;/h11-12H,1-10H2;;;/q;+2;2*-1. The van der Waals surface area contributed by atoms with Crippen molar-refractivity contribution in [1.29, 1.82) is 0 Å². The second kappa shape index (κ2) is 15.9. The zero-order valence-electron chi connectivity index (χ0n) is 10.7. The van der Waals surface area contributed by atoms with Crippen molar-refractivity contribution in [2.75, 3.05) is 13.2 Å². The number of hydrogen-bond acceptors (Lipinski definition) is 2. The van der Waals surface area contributed by atoms with E-state index in [2.05, 4.69) is 0 Å². The van der Waals surface area contributed by atoms with Crippen LogP contribution in [0.2, 0.25) is 0 Å². The Bertz CT molecular complexity index is 77.8. The summed E-state index contributed by atoms with van der Waals surface area (Å²) < 4.78 is 0. The third kappa shape index (κ3) is 16.1. The van der Waals surface area contributed by atoms with Gasteiger partial charge in [-0.3, -0.25) is 0 Å². The van der Waals surface area contributed by atoms with Crippen molar-refractivity contribution >= 4 is 45.5 Å². The molecule has 3 heteroatoms. The molecule has 0 aromatic heterocycles. The van der Waals surface area contributed by atoms with Gasteiger partial charge in [0.15, 0.2) is 0 Å². The van der Waals surface area contributed by atoms with Gasteiger partial charge in [-0.25, -0.2) is 0 Å². The first-order valence-corrected chi connectivity index (χ1v) is 5.13. The smallest absolute Gasteiger partial charge is 1.00 e. The molecule has 0 aliphatic carbocycles. The van der Waals surface area contributed by atoms with Crippen LogP contribution in [0.15, 0.2) is 0 Å². The van der Waals surface area contributed by atoms with Gasteiger partial charge in [-0.2, -0.15) is 0 Å². The fraction of sp³-hybridized carbons (Fsp3) is 1.00. The fourth-order valence-electron chi connectivity index (χ4n) is 1.28. The summed E-state index contributed by atoms with van der Waals surface area (Å²) in [4.78, 5) is 0. The number of rotatable bonds is 9. The molecule has 0 atom stereocenters. The molecular weight excluding hydrogens is 240 g/mol. The van der Waals surface area contributed by atoms with Gasteiger partial charge in [0.1, 0.15) is 0 Å². The molecule has 0 unspecified atom stereocenters. The van der Waals surface area contributed by atoms with E-state index in [1.54, 1.807) is 0 Å². The Morgan fingerprint density at radius 3 is 1.00 bits per heavy atom. The van der Waals surface area contributed by atoms with Crippen molar-refractivity contribution in [3.63, 3.8) is 0 Å². The average molecular weight is 264 g/mol. The molecule has 0 aliphatic rings. The third-order valence-electron chi connectivity index (χ3n) is 2.07. The van der Waals surface area contributed by atoms with Crippen LogP contribution in [0.25, 0.3) is 0 Å². The number of aliphatic hydroxyl groups is 2. The van der Waals surface area contributed by atoms with Crippen LogP contribution in [0.3, 0.4) is 0 Å². The van der Waals surface area contributed by atoms with Crippen molar-refractivity contribution in [3.05, 3.63) is 0 Å². The topological polar surface area (TPSA) is 40.5 Å². The molecule has 78 valence electrons. The molecule has 0 bridgehead atoms. The molecule has 2 N–H and O–H groups in total. The molecule has 0 aromatic rings. The van der Waals surface area contributed by atoms with E-state index in [4.69, 9.17) is 10.2 Å². The summed E-state index contributed by atoms with van der Waals surface area (Å²) in [6, 6.07) is 0. The average Bonchev–Trinajstić information content (AvgIpc) is 2.10. The van der Waals surface area contributed by atoms with Crippen LogP contribution >= 0.6 is 0 Å². The summed E-state index contributed by atoms with van der Waals surface area (Å²) in [7, 11) is 0. The minimum atomic E-state index is 0. The van der Waals surface area contributed by atoms with E-state index in [0.29, 0.717) is 13.2 Å². The maximum Gasteiger partial charge on any atom is 2.00 e. The molecule has 0 saturated carbocycles. The second-order valence-corrected chi connectivity index (χ2v) is 3.28. The first-order valence-electron chi connectivity index (χ1n) is 5.13. The molecule has 0 spiro atoms. The summed E-state index contributed by atoms with van der Waals surface area (Å²) >= 11 is 0. The van der Waals surface area contributed by atoms with Crippen molar-refractivity contribution in [2.45, 2.75) is 51.4 Å². The first kappa shape index (κ1) is 16.8. The Morgan fingerprint density at radius 1 is 0.538 bits per heavy atom. The molecule has 0 amide bonds. The minimum Gasteiger partial charge on any atom is -1.00 e. The molecule has 0 radical (unpaired) electrons. The molecule has 0 fully saturated rings. The van der Waals surface area contributed by atoms with E-state index >= 15 is 0 Å². The Labute approximate surface area is 122 Å². The predicted molar refractivity (Wildman–Crippen MR) is 59.1 cm³/mol. The van der Waals surface area contributed by atoms with E-state index < -0.39 is 0 Å². The van der Waals surface area contributed by atoms with Gasteiger partial charge in [-0.05, 0) is 12.8 Å². The van der Waals surface area contributed by atoms with Gasteiger partial charge in [-0.1, -0.05) is 38.5 Å². The van der Waals surface area contributed by atoms with Crippen molar-refractivity contribution in [2.24, 2.45) is 0 Å². The van der Waals surface area contributed by atoms with E-state index in [1.807, 2.05) is 0 Å². The van der Waals surface area contributed by atoms with Gasteiger partial charge in [0.25, 0.3) is 0 Å². The Morgan fingerprint density at radius 2 is 0.769 bits per heavy atom. The molecule has 0 aromatic carbocycles. The van der Waals surface area contributed by atoms with Gasteiger partial charge < -0.3 is 13.1 Å². The van der Waals surface area contributed by atoms with Crippen LogP contribution in [0.4, 0.5) is 0 Å². The van der Waals surface area contributed by atoms with Crippen LogP contribution in [0, 0.1) is 0 Å². The van der Waals surface area contributed by atoms with Crippen molar-refractivity contribution < 1.29 is 13.1 Å². The van der Waals surface area contributed by atoms with Crippen molar-refractivity contribution in [3.8, 4) is 0 Å². The monoisotopic (exact) mass is 264 g/mol. The third-order valence-corrected chi connectivity index (χ3v) is 2.07. The summed E-state index contributed by atoms with van der Waals surface area (Å²) in [5, 5.41) is 17.0. The van der Waals surface area contributed by atoms with Gasteiger partial charge >= 0.3 is 45.5 Å². The summed E-state index contributed by atoms with van der Waals surface area (Å²) in [5.41, 5.74) is 0. The molecule has 13 heavy (non-hydrogen) atoms. The second-order valence-electron chi connectivity index (χ2n) is 3.28. The molecule has 0 aliphatic heterocycles. The number of unbranched alkanes of at least 4 members (excludes halogenated alkanes) is 7. The summed E-state index contributed by atoms with van der Waals surface area (Å²) in [5.74, 6) is 0. The van der Waals surface area contributed by atoms with Crippen LogP contribution < -0.4 is 0 Å². The quantitative estimate of drug-likeness (QED) is 0.493. The van der Waals surface area contributed by atoms with E-state index in [9.17, 15) is 0 Å². The zero-order chi connectivity index (χ0) is 9.07. The van der Waals surface area contributed by atoms with Crippen LogP contribution in [0.5, 0.6) is 0 Å². The van der Waals surface area contributed by atoms with Crippen LogP contribution in [-0.2, 0) is 0 Å². The SMILES string of the molecule is OCCCCCCCCCCO.[H-].[H-].[Sr+2]. The zero-order valence-corrected chi connectivity index (χ0v) is 12.1. The molecular formula is C10H24O2Sr. The van der Waals surface area contributed by atoms with E-state index in [1.165, 1.54) is 25.7 Å². The van der Waals surface area contributed by atoms with Gasteiger partial charge in [0, 0.05) is 13.2 Å². The maximum atomic E-state index is 8.51. The number of hydrogen-bond donors (Lipinski definition) is 2. The Balaban J connectivity index is -0.000000202. The Hall–Kier alpha value is 1.40. The molecule has 0 heterocycles. The first-order chi connectivity index (χ1) is 5.91. The maximum absolute atomic E-state index is 8.51. The largest absolute Gasteiger partial charge is 2.00 e. The van der Waals surface area contributed by atoms with Gasteiger partial charge in [0.05, 0.1) is 0 Å². The molecule has 0 rings (SSSR count). The molecule has 2 nitrogen and oxygen atoms in total. The van der Waals surface area contributed by atoms with E-state index in [0.717, 1.165) is 25.7 Å². The fourth-order valence-corrected chi connectivity index (χ4v) is 1.28.